The van der Waals surface area contributed by atoms with E-state index in [-0.39, 0.29) is 11.1 Å². The number of aliphatic carboxylic acids is 1. The first-order chi connectivity index (χ1) is 9.75. The topological polar surface area (TPSA) is 150 Å². The van der Waals surface area contributed by atoms with Crippen molar-refractivity contribution in [2.75, 3.05) is 0 Å². The number of rotatable bonds is 7. The Hall–Kier alpha value is -2.44. The van der Waals surface area contributed by atoms with Crippen molar-refractivity contribution in [1.82, 2.24) is 4.72 Å². The number of nitrogens with zero attached hydrogens (tertiary/aromatic N) is 1. The van der Waals surface area contributed by atoms with Crippen molar-refractivity contribution in [3.8, 4) is 6.07 Å². The van der Waals surface area contributed by atoms with Crippen LogP contribution in [0.25, 0.3) is 0 Å². The zero-order valence-corrected chi connectivity index (χ0v) is 11.6. The van der Waals surface area contributed by atoms with Crippen LogP contribution in [0.2, 0.25) is 0 Å². The lowest BCUT2D eigenvalue weighted by molar-refractivity contribution is -0.140. The van der Waals surface area contributed by atoms with E-state index >= 15 is 0 Å². The lowest BCUT2D eigenvalue weighted by Gasteiger charge is -2.13. The number of sulfonamides is 1. The van der Waals surface area contributed by atoms with Crippen molar-refractivity contribution in [3.05, 3.63) is 35.4 Å². The van der Waals surface area contributed by atoms with Crippen LogP contribution < -0.4 is 10.5 Å². The summed E-state index contributed by atoms with van der Waals surface area (Å²) < 4.78 is 25.7. The largest absolute Gasteiger partial charge is 0.480 e. The number of amides is 1. The summed E-state index contributed by atoms with van der Waals surface area (Å²) in [6.45, 7) is 0. The molecule has 0 aromatic heterocycles. The number of nitriles is 1. The van der Waals surface area contributed by atoms with Gasteiger partial charge in [-0.1, -0.05) is 18.2 Å². The molecule has 0 fully saturated rings. The maximum atomic E-state index is 11.9. The van der Waals surface area contributed by atoms with Crippen LogP contribution >= 0.6 is 0 Å². The Morgan fingerprint density at radius 3 is 2.52 bits per heavy atom. The number of carboxylic acids is 1. The number of carboxylic acid groups (broad SMARTS) is 1. The lowest BCUT2D eigenvalue weighted by atomic mass is 10.1. The van der Waals surface area contributed by atoms with E-state index in [1.807, 2.05) is 10.8 Å². The summed E-state index contributed by atoms with van der Waals surface area (Å²) in [6.07, 6.45) is -0.658. The van der Waals surface area contributed by atoms with Crippen molar-refractivity contribution in [1.29, 1.82) is 5.26 Å². The highest BCUT2D eigenvalue weighted by molar-refractivity contribution is 7.88. The summed E-state index contributed by atoms with van der Waals surface area (Å²) >= 11 is 0. The first-order valence-corrected chi connectivity index (χ1v) is 7.39. The van der Waals surface area contributed by atoms with Crippen LogP contribution in [0.5, 0.6) is 0 Å². The van der Waals surface area contributed by atoms with Gasteiger partial charge in [0.1, 0.15) is 6.04 Å². The van der Waals surface area contributed by atoms with Crippen molar-refractivity contribution in [2.24, 2.45) is 5.73 Å². The second-order valence-corrected chi connectivity index (χ2v) is 5.96. The van der Waals surface area contributed by atoms with E-state index in [0.29, 0.717) is 0 Å². The number of nitrogens with two attached hydrogens (primary N) is 1. The average molecular weight is 311 g/mol. The molecular weight excluding hydrogens is 298 g/mol. The molecule has 1 atom stereocenters. The first kappa shape index (κ1) is 16.6. The van der Waals surface area contributed by atoms with Crippen LogP contribution in [-0.2, 0) is 25.4 Å². The number of carbonyl (C=O) groups is 2. The highest BCUT2D eigenvalue weighted by Gasteiger charge is 2.26. The van der Waals surface area contributed by atoms with Gasteiger partial charge in [0, 0.05) is 0 Å². The number of nitrogens with one attached hydrogen (secondary N) is 1. The standard InChI is InChI=1S/C12H13N3O5S/c13-6-8-3-1-2-4-9(8)7-21(19,20)15-10(12(17)18)5-11(14)16/h1-4,10,15H,5,7H2,(H2,14,16)(H,17,18). The normalized spacial score (nSPS) is 12.3. The molecule has 4 N–H and O–H groups in total. The quantitative estimate of drug-likeness (QED) is 0.606. The Labute approximate surface area is 121 Å². The second kappa shape index (κ2) is 6.83. The molecule has 9 heteroatoms. The molecule has 0 spiro atoms. The van der Waals surface area contributed by atoms with E-state index in [9.17, 15) is 18.0 Å². The Balaban J connectivity index is 2.93. The molecule has 1 aromatic rings. The van der Waals surface area contributed by atoms with E-state index in [1.54, 1.807) is 12.1 Å². The molecule has 0 bridgehead atoms. The molecule has 1 unspecified atom stereocenters. The van der Waals surface area contributed by atoms with E-state index in [1.165, 1.54) is 12.1 Å². The van der Waals surface area contributed by atoms with E-state index < -0.39 is 40.1 Å². The summed E-state index contributed by atoms with van der Waals surface area (Å²) in [5, 5.41) is 17.7. The average Bonchev–Trinajstić information content (AvgIpc) is 2.37. The van der Waals surface area contributed by atoms with Crippen LogP contribution in [0.15, 0.2) is 24.3 Å². The third kappa shape index (κ3) is 5.21. The molecule has 0 heterocycles. The van der Waals surface area contributed by atoms with Gasteiger partial charge in [-0.3, -0.25) is 9.59 Å². The van der Waals surface area contributed by atoms with Gasteiger partial charge in [-0.25, -0.2) is 13.1 Å². The summed E-state index contributed by atoms with van der Waals surface area (Å²) in [5.41, 5.74) is 5.27. The van der Waals surface area contributed by atoms with Gasteiger partial charge in [-0.05, 0) is 11.6 Å². The molecule has 1 amide bonds. The molecule has 21 heavy (non-hydrogen) atoms. The molecule has 1 rings (SSSR count). The number of carbonyl (C=O) groups excluding carboxylic acids is 1. The fourth-order valence-corrected chi connectivity index (χ4v) is 2.96. The first-order valence-electron chi connectivity index (χ1n) is 5.74. The highest BCUT2D eigenvalue weighted by Crippen LogP contribution is 2.11. The van der Waals surface area contributed by atoms with Crippen molar-refractivity contribution < 1.29 is 23.1 Å². The van der Waals surface area contributed by atoms with Gasteiger partial charge in [0.25, 0.3) is 0 Å². The van der Waals surface area contributed by atoms with Crippen LogP contribution in [0.3, 0.4) is 0 Å². The predicted octanol–water partition coefficient (Wildman–Crippen LogP) is -0.694. The minimum absolute atomic E-state index is 0.171. The van der Waals surface area contributed by atoms with Gasteiger partial charge in [0.15, 0.2) is 0 Å². The predicted molar refractivity (Wildman–Crippen MR) is 72.2 cm³/mol. The van der Waals surface area contributed by atoms with Crippen molar-refractivity contribution in [2.45, 2.75) is 18.2 Å². The number of primary amides is 1. The number of hydrogen-bond donors (Lipinski definition) is 3. The molecule has 8 nitrogen and oxygen atoms in total. The molecule has 0 radical (unpaired) electrons. The number of benzene rings is 1. The maximum Gasteiger partial charge on any atom is 0.322 e. The maximum absolute atomic E-state index is 11.9. The smallest absolute Gasteiger partial charge is 0.322 e. The molecule has 0 aliphatic heterocycles. The van der Waals surface area contributed by atoms with Gasteiger partial charge in [-0.2, -0.15) is 5.26 Å². The zero-order valence-electron chi connectivity index (χ0n) is 10.8. The highest BCUT2D eigenvalue weighted by atomic mass is 32.2. The van der Waals surface area contributed by atoms with Crippen LogP contribution in [0.4, 0.5) is 0 Å². The Bertz CT molecular complexity index is 693. The fourth-order valence-electron chi connectivity index (χ4n) is 1.60. The molecule has 1 aromatic carbocycles. The van der Waals surface area contributed by atoms with Crippen LogP contribution in [0.1, 0.15) is 17.5 Å². The molecule has 0 aliphatic rings. The zero-order chi connectivity index (χ0) is 16.0. The Kier molecular flexibility index (Phi) is 5.40. The van der Waals surface area contributed by atoms with Gasteiger partial charge >= 0.3 is 5.97 Å². The van der Waals surface area contributed by atoms with E-state index in [4.69, 9.17) is 16.1 Å². The van der Waals surface area contributed by atoms with Crippen molar-refractivity contribution >= 4 is 21.9 Å². The summed E-state index contributed by atoms with van der Waals surface area (Å²) in [4.78, 5) is 21.6. The summed E-state index contributed by atoms with van der Waals surface area (Å²) in [7, 11) is -4.05. The SMILES string of the molecule is N#Cc1ccccc1CS(=O)(=O)NC(CC(N)=O)C(=O)O. The Morgan fingerprint density at radius 2 is 2.00 bits per heavy atom. The second-order valence-electron chi connectivity index (χ2n) is 4.21. The minimum atomic E-state index is -4.05. The number of hydrogen-bond acceptors (Lipinski definition) is 5. The van der Waals surface area contributed by atoms with Gasteiger partial charge in [0.05, 0.1) is 23.8 Å². The fraction of sp³-hybridized carbons (Fsp3) is 0.250. The molecular formula is C12H13N3O5S. The minimum Gasteiger partial charge on any atom is -0.480 e. The summed E-state index contributed by atoms with van der Waals surface area (Å²) in [6, 6.07) is 6.24. The molecule has 112 valence electrons. The third-order valence-corrected chi connectivity index (χ3v) is 3.84. The lowest BCUT2D eigenvalue weighted by Crippen LogP contribution is -2.43. The van der Waals surface area contributed by atoms with Crippen molar-refractivity contribution in [3.63, 3.8) is 0 Å². The van der Waals surface area contributed by atoms with Gasteiger partial charge in [0.2, 0.25) is 15.9 Å². The van der Waals surface area contributed by atoms with Crippen LogP contribution in [0, 0.1) is 11.3 Å². The Morgan fingerprint density at radius 1 is 1.38 bits per heavy atom. The molecule has 0 saturated heterocycles. The van der Waals surface area contributed by atoms with Gasteiger partial charge < -0.3 is 10.8 Å². The third-order valence-electron chi connectivity index (χ3n) is 2.51. The molecule has 0 saturated carbocycles. The van der Waals surface area contributed by atoms with Crippen LogP contribution in [-0.4, -0.2) is 31.4 Å². The van der Waals surface area contributed by atoms with E-state index in [0.717, 1.165) is 0 Å². The van der Waals surface area contributed by atoms with Gasteiger partial charge in [-0.15, -0.1) is 0 Å². The summed E-state index contributed by atoms with van der Waals surface area (Å²) in [5.74, 6) is -3.02. The van der Waals surface area contributed by atoms with E-state index in [2.05, 4.69) is 0 Å². The molecule has 0 aliphatic carbocycles. The monoisotopic (exact) mass is 311 g/mol.